The fraction of sp³-hybridized carbons (Fsp3) is 0.733. The van der Waals surface area contributed by atoms with Gasteiger partial charge in [-0.2, -0.15) is 0 Å². The summed E-state index contributed by atoms with van der Waals surface area (Å²) in [6.07, 6.45) is 11.2. The summed E-state index contributed by atoms with van der Waals surface area (Å²) < 4.78 is 0. The lowest BCUT2D eigenvalue weighted by Crippen LogP contribution is -1.94. The van der Waals surface area contributed by atoms with Gasteiger partial charge in [0, 0.05) is 5.33 Å². The lowest BCUT2D eigenvalue weighted by molar-refractivity contribution is 0.478. The van der Waals surface area contributed by atoms with E-state index in [4.69, 9.17) is 0 Å². The second-order valence-electron chi connectivity index (χ2n) is 5.06. The van der Waals surface area contributed by atoms with E-state index in [9.17, 15) is 0 Å². The van der Waals surface area contributed by atoms with E-state index in [1.54, 1.807) is 0 Å². The predicted octanol–water partition coefficient (Wildman–Crippen LogP) is 5.88. The van der Waals surface area contributed by atoms with E-state index < -0.39 is 0 Å². The van der Waals surface area contributed by atoms with Gasteiger partial charge < -0.3 is 0 Å². The Morgan fingerprint density at radius 2 is 1.81 bits per heavy atom. The third-order valence-electron chi connectivity index (χ3n) is 2.91. The molecule has 0 heterocycles. The van der Waals surface area contributed by atoms with E-state index in [2.05, 4.69) is 55.8 Å². The van der Waals surface area contributed by atoms with Gasteiger partial charge in [0.15, 0.2) is 0 Å². The van der Waals surface area contributed by atoms with Crippen LogP contribution in [0.5, 0.6) is 0 Å². The van der Waals surface area contributed by atoms with Crippen molar-refractivity contribution >= 4 is 15.9 Å². The molecule has 0 N–H and O–H groups in total. The van der Waals surface area contributed by atoms with E-state index in [0.29, 0.717) is 0 Å². The predicted molar refractivity (Wildman–Crippen MR) is 79.2 cm³/mol. The van der Waals surface area contributed by atoms with Crippen LogP contribution in [0.25, 0.3) is 0 Å². The van der Waals surface area contributed by atoms with E-state index in [-0.39, 0.29) is 0 Å². The molecule has 0 spiro atoms. The Balaban J connectivity index is 3.54. The zero-order valence-electron chi connectivity index (χ0n) is 11.4. The molecule has 16 heavy (non-hydrogen) atoms. The summed E-state index contributed by atoms with van der Waals surface area (Å²) in [5, 5.41) is 0.995. The molecule has 0 aliphatic rings. The molecule has 0 nitrogen and oxygen atoms in total. The lowest BCUT2D eigenvalue weighted by atomic mass is 9.97. The van der Waals surface area contributed by atoms with Crippen LogP contribution in [0.15, 0.2) is 23.3 Å². The molecule has 1 heteroatoms. The second-order valence-corrected chi connectivity index (χ2v) is 5.71. The summed E-state index contributed by atoms with van der Waals surface area (Å²) in [6.45, 7) is 8.97. The van der Waals surface area contributed by atoms with Gasteiger partial charge in [-0.3, -0.25) is 0 Å². The number of alkyl halides is 1. The maximum Gasteiger partial charge on any atom is 0.0214 e. The maximum absolute atomic E-state index is 3.44. The van der Waals surface area contributed by atoms with Crippen LogP contribution in [0.4, 0.5) is 0 Å². The quantitative estimate of drug-likeness (QED) is 0.386. The molecule has 0 aromatic carbocycles. The van der Waals surface area contributed by atoms with Crippen molar-refractivity contribution in [3.8, 4) is 0 Å². The van der Waals surface area contributed by atoms with Crippen molar-refractivity contribution in [1.29, 1.82) is 0 Å². The molecule has 0 aromatic heterocycles. The molecule has 0 aliphatic heterocycles. The van der Waals surface area contributed by atoms with Crippen LogP contribution >= 0.6 is 15.9 Å². The molecular formula is C15H27Br. The Bertz CT molecular complexity index is 222. The zero-order chi connectivity index (χ0) is 12.4. The molecule has 0 aromatic rings. The smallest absolute Gasteiger partial charge is 0.0214 e. The van der Waals surface area contributed by atoms with Gasteiger partial charge in [-0.15, -0.1) is 0 Å². The summed E-state index contributed by atoms with van der Waals surface area (Å²) >= 11 is 3.44. The molecule has 0 aliphatic carbocycles. The number of hydrogen-bond donors (Lipinski definition) is 0. The maximum atomic E-state index is 3.44. The first-order chi connectivity index (χ1) is 7.56. The van der Waals surface area contributed by atoms with Crippen LogP contribution in [0, 0.1) is 5.92 Å². The molecule has 0 bridgehead atoms. The van der Waals surface area contributed by atoms with Gasteiger partial charge in [0.2, 0.25) is 0 Å². The van der Waals surface area contributed by atoms with Crippen molar-refractivity contribution in [2.24, 2.45) is 5.92 Å². The summed E-state index contributed by atoms with van der Waals surface area (Å²) in [5.41, 5.74) is 2.97. The number of halogens is 1. The van der Waals surface area contributed by atoms with E-state index in [0.717, 1.165) is 11.2 Å². The molecular weight excluding hydrogens is 260 g/mol. The number of allylic oxidation sites excluding steroid dienone is 4. The number of hydrogen-bond acceptors (Lipinski definition) is 0. The van der Waals surface area contributed by atoms with Crippen LogP contribution in [-0.2, 0) is 0 Å². The normalized spacial score (nSPS) is 13.7. The summed E-state index contributed by atoms with van der Waals surface area (Å²) in [5.74, 6) is 0.868. The average molecular weight is 287 g/mol. The molecule has 1 unspecified atom stereocenters. The van der Waals surface area contributed by atoms with Gasteiger partial charge in [-0.1, -0.05) is 52.6 Å². The fourth-order valence-electron chi connectivity index (χ4n) is 1.76. The molecule has 0 saturated carbocycles. The van der Waals surface area contributed by atoms with Crippen molar-refractivity contribution in [2.75, 3.05) is 5.33 Å². The third-order valence-corrected chi connectivity index (χ3v) is 3.23. The minimum Gasteiger partial charge on any atom is -0.0883 e. The first kappa shape index (κ1) is 16.0. The first-order valence-electron chi connectivity index (χ1n) is 6.41. The first-order valence-corrected chi connectivity index (χ1v) is 7.53. The van der Waals surface area contributed by atoms with Crippen LogP contribution in [0.2, 0.25) is 0 Å². The fourth-order valence-corrected chi connectivity index (χ4v) is 2.32. The molecule has 0 saturated heterocycles. The van der Waals surface area contributed by atoms with Crippen molar-refractivity contribution in [3.05, 3.63) is 23.3 Å². The lowest BCUT2D eigenvalue weighted by Gasteiger charge is -2.10. The van der Waals surface area contributed by atoms with E-state index in [1.165, 1.54) is 43.3 Å². The van der Waals surface area contributed by atoms with Crippen molar-refractivity contribution in [1.82, 2.24) is 0 Å². The molecule has 0 amide bonds. The Morgan fingerprint density at radius 3 is 2.38 bits per heavy atom. The standard InChI is InChI=1S/C15H27Br/c1-13(2)7-5-8-14(3)9-6-10-15(4)11-12-16/h7,11,14H,5-6,8-10,12H2,1-4H3/b15-11+. The average Bonchev–Trinajstić information content (AvgIpc) is 2.17. The van der Waals surface area contributed by atoms with Gasteiger partial charge in [0.05, 0.1) is 0 Å². The van der Waals surface area contributed by atoms with Crippen LogP contribution in [0.1, 0.15) is 59.8 Å². The third kappa shape index (κ3) is 10.5. The monoisotopic (exact) mass is 286 g/mol. The van der Waals surface area contributed by atoms with Gasteiger partial charge >= 0.3 is 0 Å². The largest absolute Gasteiger partial charge is 0.0883 e. The molecule has 1 atom stereocenters. The minimum atomic E-state index is 0.868. The second kappa shape index (κ2) is 10.1. The van der Waals surface area contributed by atoms with E-state index in [1.807, 2.05) is 0 Å². The highest BCUT2D eigenvalue weighted by Gasteiger charge is 2.01. The summed E-state index contributed by atoms with van der Waals surface area (Å²) in [6, 6.07) is 0. The molecule has 0 fully saturated rings. The Labute approximate surface area is 110 Å². The Kier molecular flexibility index (Phi) is 10.1. The van der Waals surface area contributed by atoms with Crippen molar-refractivity contribution in [2.45, 2.75) is 59.8 Å². The van der Waals surface area contributed by atoms with Crippen molar-refractivity contribution in [3.63, 3.8) is 0 Å². The van der Waals surface area contributed by atoms with Gasteiger partial charge in [-0.05, 0) is 52.4 Å². The number of rotatable bonds is 8. The Hall–Kier alpha value is -0.0400. The highest BCUT2D eigenvalue weighted by atomic mass is 79.9. The van der Waals surface area contributed by atoms with Crippen molar-refractivity contribution < 1.29 is 0 Å². The SMILES string of the molecule is CC(C)=CCCC(C)CCC/C(C)=C/CBr. The highest BCUT2D eigenvalue weighted by molar-refractivity contribution is 9.09. The topological polar surface area (TPSA) is 0 Å². The summed E-state index contributed by atoms with van der Waals surface area (Å²) in [4.78, 5) is 0. The summed E-state index contributed by atoms with van der Waals surface area (Å²) in [7, 11) is 0. The van der Waals surface area contributed by atoms with Crippen LogP contribution in [-0.4, -0.2) is 5.33 Å². The van der Waals surface area contributed by atoms with Gasteiger partial charge in [0.25, 0.3) is 0 Å². The molecule has 94 valence electrons. The van der Waals surface area contributed by atoms with Crippen LogP contribution in [0.3, 0.4) is 0 Å². The molecule has 0 radical (unpaired) electrons. The highest BCUT2D eigenvalue weighted by Crippen LogP contribution is 2.17. The zero-order valence-corrected chi connectivity index (χ0v) is 12.9. The van der Waals surface area contributed by atoms with E-state index >= 15 is 0 Å². The Morgan fingerprint density at radius 1 is 1.12 bits per heavy atom. The van der Waals surface area contributed by atoms with Gasteiger partial charge in [0.1, 0.15) is 0 Å². The van der Waals surface area contributed by atoms with Gasteiger partial charge in [-0.25, -0.2) is 0 Å². The molecule has 0 rings (SSSR count). The minimum absolute atomic E-state index is 0.868. The van der Waals surface area contributed by atoms with Crippen LogP contribution < -0.4 is 0 Å².